The molecule has 0 saturated carbocycles. The normalized spacial score (nSPS) is 19.3. The molecule has 0 aromatic carbocycles. The summed E-state index contributed by atoms with van der Waals surface area (Å²) in [5.41, 5.74) is 1.60. The number of carbonyl (C=O) groups excluding carboxylic acids is 1. The van der Waals surface area contributed by atoms with E-state index in [1.54, 1.807) is 35.6 Å². The van der Waals surface area contributed by atoms with Gasteiger partial charge in [-0.25, -0.2) is 4.79 Å². The number of nitrogens with zero attached hydrogens (tertiary/aromatic N) is 2. The Morgan fingerprint density at radius 3 is 2.52 bits per heavy atom. The SMILES string of the molecule is O=C(O)C(F)(F)F.O=C(c1ccc[nH]1)N1CC[C@@H](O)[C@@H]1Cc1cccnc1. The number of H-pyrrole nitrogens is 1. The Morgan fingerprint density at radius 2 is 2.00 bits per heavy atom. The van der Waals surface area contributed by atoms with Crippen molar-refractivity contribution in [1.82, 2.24) is 14.9 Å². The zero-order valence-corrected chi connectivity index (χ0v) is 14.1. The van der Waals surface area contributed by atoms with E-state index >= 15 is 0 Å². The average molecular weight is 385 g/mol. The number of hydrogen-bond acceptors (Lipinski definition) is 4. The van der Waals surface area contributed by atoms with Crippen LogP contribution >= 0.6 is 0 Å². The predicted octanol–water partition coefficient (Wildman–Crippen LogP) is 1.86. The summed E-state index contributed by atoms with van der Waals surface area (Å²) in [6.45, 7) is 0.587. The summed E-state index contributed by atoms with van der Waals surface area (Å²) in [4.78, 5) is 30.1. The van der Waals surface area contributed by atoms with Crippen LogP contribution in [0.1, 0.15) is 22.5 Å². The number of nitrogens with one attached hydrogen (secondary N) is 1. The molecule has 0 radical (unpaired) electrons. The number of aromatic nitrogens is 2. The van der Waals surface area contributed by atoms with Crippen LogP contribution in [-0.4, -0.2) is 61.8 Å². The van der Waals surface area contributed by atoms with Crippen LogP contribution in [0.5, 0.6) is 0 Å². The van der Waals surface area contributed by atoms with Crippen LogP contribution in [-0.2, 0) is 11.2 Å². The number of halogens is 3. The highest BCUT2D eigenvalue weighted by Gasteiger charge is 2.38. The fraction of sp³-hybridized carbons (Fsp3) is 0.353. The molecule has 0 spiro atoms. The molecule has 0 bridgehead atoms. The Balaban J connectivity index is 0.000000321. The van der Waals surface area contributed by atoms with E-state index in [1.165, 1.54) is 0 Å². The van der Waals surface area contributed by atoms with Gasteiger partial charge in [-0.1, -0.05) is 6.07 Å². The Hall–Kier alpha value is -2.88. The molecule has 3 rings (SSSR count). The number of alkyl halides is 3. The predicted molar refractivity (Wildman–Crippen MR) is 87.9 cm³/mol. The first-order chi connectivity index (χ1) is 12.7. The Kier molecular flexibility index (Phi) is 6.56. The molecule has 2 aromatic heterocycles. The molecule has 1 saturated heterocycles. The van der Waals surface area contributed by atoms with Gasteiger partial charge in [-0.2, -0.15) is 13.2 Å². The largest absolute Gasteiger partial charge is 0.490 e. The monoisotopic (exact) mass is 385 g/mol. The van der Waals surface area contributed by atoms with Crippen LogP contribution in [0.2, 0.25) is 0 Å². The maximum atomic E-state index is 12.4. The summed E-state index contributed by atoms with van der Waals surface area (Å²) in [7, 11) is 0. The summed E-state index contributed by atoms with van der Waals surface area (Å²) in [6, 6.07) is 7.21. The van der Waals surface area contributed by atoms with E-state index in [4.69, 9.17) is 9.90 Å². The maximum absolute atomic E-state index is 12.4. The molecule has 27 heavy (non-hydrogen) atoms. The lowest BCUT2D eigenvalue weighted by molar-refractivity contribution is -0.192. The quantitative estimate of drug-likeness (QED) is 0.748. The van der Waals surface area contributed by atoms with Crippen LogP contribution < -0.4 is 0 Å². The summed E-state index contributed by atoms with van der Waals surface area (Å²) < 4.78 is 31.7. The molecule has 2 atom stereocenters. The minimum atomic E-state index is -5.08. The molecular weight excluding hydrogens is 367 g/mol. The Bertz CT molecular complexity index is 751. The highest BCUT2D eigenvalue weighted by Crippen LogP contribution is 2.23. The molecule has 3 N–H and O–H groups in total. The van der Waals surface area contributed by atoms with Gasteiger partial charge in [-0.3, -0.25) is 9.78 Å². The van der Waals surface area contributed by atoms with Crippen molar-refractivity contribution in [3.8, 4) is 0 Å². The van der Waals surface area contributed by atoms with Crippen molar-refractivity contribution in [3.05, 3.63) is 54.1 Å². The van der Waals surface area contributed by atoms with E-state index in [-0.39, 0.29) is 11.9 Å². The van der Waals surface area contributed by atoms with Crippen LogP contribution in [0.15, 0.2) is 42.9 Å². The number of amides is 1. The van der Waals surface area contributed by atoms with E-state index in [1.807, 2.05) is 12.1 Å². The molecule has 1 amide bonds. The minimum absolute atomic E-state index is 0.0551. The number of rotatable bonds is 3. The summed E-state index contributed by atoms with van der Waals surface area (Å²) in [5.74, 6) is -2.81. The molecule has 10 heteroatoms. The van der Waals surface area contributed by atoms with Gasteiger partial charge in [0.05, 0.1) is 12.1 Å². The van der Waals surface area contributed by atoms with Crippen LogP contribution in [0, 0.1) is 0 Å². The number of aliphatic hydroxyl groups is 1. The number of carbonyl (C=O) groups is 2. The average Bonchev–Trinajstić information content (AvgIpc) is 3.26. The molecule has 0 aliphatic carbocycles. The molecular formula is C17H18F3N3O4. The summed E-state index contributed by atoms with van der Waals surface area (Å²) in [6.07, 6.45) is 0.919. The molecule has 2 aromatic rings. The second-order valence-corrected chi connectivity index (χ2v) is 5.87. The van der Waals surface area contributed by atoms with E-state index in [0.29, 0.717) is 25.1 Å². The highest BCUT2D eigenvalue weighted by atomic mass is 19.4. The van der Waals surface area contributed by atoms with Crippen molar-refractivity contribution < 1.29 is 33.0 Å². The van der Waals surface area contributed by atoms with Crippen molar-refractivity contribution in [1.29, 1.82) is 0 Å². The molecule has 1 fully saturated rings. The third-order valence-electron chi connectivity index (χ3n) is 4.01. The van der Waals surface area contributed by atoms with Gasteiger partial charge in [-0.05, 0) is 36.6 Å². The Labute approximate surface area is 152 Å². The van der Waals surface area contributed by atoms with E-state index in [2.05, 4.69) is 9.97 Å². The smallest absolute Gasteiger partial charge is 0.475 e. The zero-order valence-electron chi connectivity index (χ0n) is 14.1. The number of pyridine rings is 1. The standard InChI is InChI=1S/C15H17N3O2.C2HF3O2/c19-14-5-8-18(15(20)12-4-2-7-17-12)13(14)9-11-3-1-6-16-10-11;3-2(4,5)1(6)7/h1-4,6-7,10,13-14,17,19H,5,8-9H2;(H,6,7)/t13-,14+;/m0./s1. The minimum Gasteiger partial charge on any atom is -0.475 e. The number of likely N-dealkylation sites (tertiary alicyclic amines) is 1. The number of aliphatic carboxylic acids is 1. The molecule has 0 unspecified atom stereocenters. The van der Waals surface area contributed by atoms with Crippen molar-refractivity contribution in [3.63, 3.8) is 0 Å². The van der Waals surface area contributed by atoms with Gasteiger partial charge < -0.3 is 20.1 Å². The van der Waals surface area contributed by atoms with Crippen molar-refractivity contribution >= 4 is 11.9 Å². The number of hydrogen-bond donors (Lipinski definition) is 3. The fourth-order valence-corrected chi connectivity index (χ4v) is 2.71. The van der Waals surface area contributed by atoms with Gasteiger partial charge in [-0.15, -0.1) is 0 Å². The summed E-state index contributed by atoms with van der Waals surface area (Å²) in [5, 5.41) is 17.3. The first-order valence-corrected chi connectivity index (χ1v) is 8.01. The van der Waals surface area contributed by atoms with Crippen molar-refractivity contribution in [2.45, 2.75) is 31.2 Å². The van der Waals surface area contributed by atoms with E-state index in [0.717, 1.165) is 5.56 Å². The molecule has 146 valence electrons. The van der Waals surface area contributed by atoms with Gasteiger partial charge in [0.1, 0.15) is 5.69 Å². The lowest BCUT2D eigenvalue weighted by Gasteiger charge is -2.26. The number of aliphatic hydroxyl groups excluding tert-OH is 1. The molecule has 3 heterocycles. The lowest BCUT2D eigenvalue weighted by Crippen LogP contribution is -2.41. The third kappa shape index (κ3) is 5.55. The lowest BCUT2D eigenvalue weighted by atomic mass is 10.0. The third-order valence-corrected chi connectivity index (χ3v) is 4.01. The summed E-state index contributed by atoms with van der Waals surface area (Å²) >= 11 is 0. The first-order valence-electron chi connectivity index (χ1n) is 8.01. The fourth-order valence-electron chi connectivity index (χ4n) is 2.71. The number of carboxylic acids is 1. The topological polar surface area (TPSA) is 107 Å². The van der Waals surface area contributed by atoms with Crippen molar-refractivity contribution in [2.24, 2.45) is 0 Å². The van der Waals surface area contributed by atoms with E-state index < -0.39 is 18.2 Å². The Morgan fingerprint density at radius 1 is 1.30 bits per heavy atom. The van der Waals surface area contributed by atoms with E-state index in [9.17, 15) is 23.1 Å². The molecule has 1 aliphatic heterocycles. The number of aromatic amines is 1. The second-order valence-electron chi connectivity index (χ2n) is 5.87. The molecule has 7 nitrogen and oxygen atoms in total. The first kappa shape index (κ1) is 20.4. The molecule has 1 aliphatic rings. The highest BCUT2D eigenvalue weighted by molar-refractivity contribution is 5.92. The van der Waals surface area contributed by atoms with Gasteiger partial charge in [0.2, 0.25) is 0 Å². The van der Waals surface area contributed by atoms with Crippen LogP contribution in [0.4, 0.5) is 13.2 Å². The van der Waals surface area contributed by atoms with Gasteiger partial charge >= 0.3 is 12.1 Å². The van der Waals surface area contributed by atoms with Crippen LogP contribution in [0.25, 0.3) is 0 Å². The number of carboxylic acid groups (broad SMARTS) is 1. The van der Waals surface area contributed by atoms with Crippen LogP contribution in [0.3, 0.4) is 0 Å². The maximum Gasteiger partial charge on any atom is 0.490 e. The van der Waals surface area contributed by atoms with Gasteiger partial charge in [0.25, 0.3) is 5.91 Å². The van der Waals surface area contributed by atoms with Gasteiger partial charge in [0.15, 0.2) is 0 Å². The van der Waals surface area contributed by atoms with Crippen molar-refractivity contribution in [2.75, 3.05) is 6.54 Å². The second kappa shape index (κ2) is 8.67. The zero-order chi connectivity index (χ0) is 20.0. The van der Waals surface area contributed by atoms with Gasteiger partial charge in [0, 0.05) is 25.1 Å².